The Kier molecular flexibility index (Phi) is 2.71. The van der Waals surface area contributed by atoms with Crippen LogP contribution in [0.1, 0.15) is 32.1 Å². The fourth-order valence-corrected chi connectivity index (χ4v) is 4.09. The van der Waals surface area contributed by atoms with Crippen molar-refractivity contribution >= 4 is 16.9 Å². The molecular formula is C15H18F2N4. The van der Waals surface area contributed by atoms with Gasteiger partial charge in [-0.15, -0.1) is 0 Å². The summed E-state index contributed by atoms with van der Waals surface area (Å²) in [6.07, 6.45) is 5.68. The SMILES string of the molecule is FC(F)C1(CNc2nccc3[nH]cnc23)CC2(CCC2)C1. The second kappa shape index (κ2) is 4.39. The molecule has 0 atom stereocenters. The van der Waals surface area contributed by atoms with Crippen LogP contribution in [0.4, 0.5) is 14.6 Å². The van der Waals surface area contributed by atoms with Crippen LogP contribution < -0.4 is 5.32 Å². The zero-order valence-corrected chi connectivity index (χ0v) is 11.7. The third-order valence-electron chi connectivity index (χ3n) is 5.28. The maximum Gasteiger partial charge on any atom is 0.245 e. The molecular weight excluding hydrogens is 274 g/mol. The van der Waals surface area contributed by atoms with E-state index < -0.39 is 11.8 Å². The van der Waals surface area contributed by atoms with E-state index in [9.17, 15) is 8.78 Å². The van der Waals surface area contributed by atoms with Crippen LogP contribution in [0, 0.1) is 10.8 Å². The summed E-state index contributed by atoms with van der Waals surface area (Å²) in [6.45, 7) is 0.269. The summed E-state index contributed by atoms with van der Waals surface area (Å²) in [5, 5.41) is 3.11. The summed E-state index contributed by atoms with van der Waals surface area (Å²) < 4.78 is 27.0. The number of nitrogens with zero attached hydrogens (tertiary/aromatic N) is 2. The Morgan fingerprint density at radius 3 is 2.76 bits per heavy atom. The average molecular weight is 292 g/mol. The van der Waals surface area contributed by atoms with Crippen molar-refractivity contribution in [1.29, 1.82) is 0 Å². The fourth-order valence-electron chi connectivity index (χ4n) is 4.09. The van der Waals surface area contributed by atoms with Gasteiger partial charge in [0.1, 0.15) is 5.52 Å². The number of H-pyrrole nitrogens is 1. The van der Waals surface area contributed by atoms with Gasteiger partial charge in [0.2, 0.25) is 6.43 Å². The first kappa shape index (κ1) is 13.0. The Balaban J connectivity index is 1.51. The number of rotatable bonds is 4. The largest absolute Gasteiger partial charge is 0.367 e. The topological polar surface area (TPSA) is 53.6 Å². The molecule has 0 aliphatic heterocycles. The predicted octanol–water partition coefficient (Wildman–Crippen LogP) is 3.59. The van der Waals surface area contributed by atoms with Gasteiger partial charge in [-0.05, 0) is 37.2 Å². The molecule has 0 unspecified atom stereocenters. The molecule has 2 fully saturated rings. The summed E-state index contributed by atoms with van der Waals surface area (Å²) in [7, 11) is 0. The van der Waals surface area contributed by atoms with E-state index >= 15 is 0 Å². The van der Waals surface area contributed by atoms with Crippen LogP contribution >= 0.6 is 0 Å². The molecule has 2 aromatic rings. The van der Waals surface area contributed by atoms with Crippen molar-refractivity contribution in [1.82, 2.24) is 15.0 Å². The van der Waals surface area contributed by atoms with Crippen molar-refractivity contribution in [2.45, 2.75) is 38.5 Å². The molecule has 0 bridgehead atoms. The summed E-state index contributed by atoms with van der Waals surface area (Å²) in [5.41, 5.74) is 0.909. The molecule has 112 valence electrons. The first-order valence-corrected chi connectivity index (χ1v) is 7.43. The van der Waals surface area contributed by atoms with E-state index in [-0.39, 0.29) is 12.0 Å². The summed E-state index contributed by atoms with van der Waals surface area (Å²) in [6, 6.07) is 1.82. The number of alkyl halides is 2. The van der Waals surface area contributed by atoms with Gasteiger partial charge in [0, 0.05) is 18.2 Å². The normalized spacial score (nSPS) is 22.2. The van der Waals surface area contributed by atoms with Crippen LogP contribution in [0.15, 0.2) is 18.6 Å². The second-order valence-electron chi connectivity index (χ2n) is 6.68. The molecule has 0 radical (unpaired) electrons. The molecule has 2 aromatic heterocycles. The van der Waals surface area contributed by atoms with Crippen molar-refractivity contribution in [3.05, 3.63) is 18.6 Å². The lowest BCUT2D eigenvalue weighted by Crippen LogP contribution is -2.57. The minimum Gasteiger partial charge on any atom is -0.367 e. The number of nitrogens with one attached hydrogen (secondary N) is 2. The molecule has 0 aromatic carbocycles. The molecule has 2 heterocycles. The number of hydrogen-bond acceptors (Lipinski definition) is 3. The van der Waals surface area contributed by atoms with Crippen molar-refractivity contribution < 1.29 is 8.78 Å². The molecule has 0 amide bonds. The van der Waals surface area contributed by atoms with Gasteiger partial charge < -0.3 is 10.3 Å². The van der Waals surface area contributed by atoms with Gasteiger partial charge in [-0.25, -0.2) is 18.7 Å². The van der Waals surface area contributed by atoms with Gasteiger partial charge in [-0.1, -0.05) is 6.42 Å². The zero-order valence-electron chi connectivity index (χ0n) is 11.7. The van der Waals surface area contributed by atoms with Crippen LogP contribution in [0.2, 0.25) is 0 Å². The third-order valence-corrected chi connectivity index (χ3v) is 5.28. The maximum absolute atomic E-state index is 13.5. The van der Waals surface area contributed by atoms with Crippen molar-refractivity contribution in [2.24, 2.45) is 10.8 Å². The van der Waals surface area contributed by atoms with E-state index in [4.69, 9.17) is 0 Å². The van der Waals surface area contributed by atoms with Gasteiger partial charge in [0.25, 0.3) is 0 Å². The molecule has 4 nitrogen and oxygen atoms in total. The summed E-state index contributed by atoms with van der Waals surface area (Å²) >= 11 is 0. The van der Waals surface area contributed by atoms with Gasteiger partial charge in [-0.2, -0.15) is 0 Å². The molecule has 21 heavy (non-hydrogen) atoms. The number of pyridine rings is 1. The lowest BCUT2D eigenvalue weighted by molar-refractivity contribution is -0.162. The van der Waals surface area contributed by atoms with E-state index in [0.29, 0.717) is 24.2 Å². The molecule has 4 rings (SSSR count). The van der Waals surface area contributed by atoms with E-state index in [0.717, 1.165) is 18.4 Å². The molecule has 2 aliphatic carbocycles. The Morgan fingerprint density at radius 2 is 2.10 bits per heavy atom. The van der Waals surface area contributed by atoms with Crippen LogP contribution in [0.3, 0.4) is 0 Å². The Bertz CT molecular complexity index is 654. The van der Waals surface area contributed by atoms with E-state index in [1.165, 1.54) is 6.42 Å². The highest BCUT2D eigenvalue weighted by Gasteiger charge is 2.60. The lowest BCUT2D eigenvalue weighted by atomic mass is 9.45. The third kappa shape index (κ3) is 1.92. The van der Waals surface area contributed by atoms with Crippen LogP contribution in [-0.2, 0) is 0 Å². The van der Waals surface area contributed by atoms with Crippen molar-refractivity contribution in [3.8, 4) is 0 Å². The number of fused-ring (bicyclic) bond motifs is 1. The Hall–Kier alpha value is -1.72. The van der Waals surface area contributed by atoms with Crippen LogP contribution in [0.25, 0.3) is 11.0 Å². The highest BCUT2D eigenvalue weighted by Crippen LogP contribution is 2.66. The highest BCUT2D eigenvalue weighted by atomic mass is 19.3. The number of imidazole rings is 1. The molecule has 2 saturated carbocycles. The molecule has 2 N–H and O–H groups in total. The first-order chi connectivity index (χ1) is 10.1. The van der Waals surface area contributed by atoms with E-state index in [2.05, 4.69) is 20.3 Å². The maximum atomic E-state index is 13.5. The fraction of sp³-hybridized carbons (Fsp3) is 0.600. The van der Waals surface area contributed by atoms with Gasteiger partial charge in [0.05, 0.1) is 11.8 Å². The number of hydrogen-bond donors (Lipinski definition) is 2. The zero-order chi connectivity index (χ0) is 14.5. The van der Waals surface area contributed by atoms with Crippen molar-refractivity contribution in [3.63, 3.8) is 0 Å². The first-order valence-electron chi connectivity index (χ1n) is 7.43. The minimum atomic E-state index is -2.28. The van der Waals surface area contributed by atoms with E-state index in [1.807, 2.05) is 6.07 Å². The summed E-state index contributed by atoms with van der Waals surface area (Å²) in [5.74, 6) is 0.586. The molecule has 0 saturated heterocycles. The number of aromatic amines is 1. The minimum absolute atomic E-state index is 0.226. The molecule has 2 aliphatic rings. The Labute approximate surface area is 121 Å². The van der Waals surface area contributed by atoms with Crippen molar-refractivity contribution in [2.75, 3.05) is 11.9 Å². The lowest BCUT2D eigenvalue weighted by Gasteiger charge is -2.60. The second-order valence-corrected chi connectivity index (χ2v) is 6.68. The Morgan fingerprint density at radius 1 is 1.29 bits per heavy atom. The predicted molar refractivity (Wildman–Crippen MR) is 76.3 cm³/mol. The van der Waals surface area contributed by atoms with Gasteiger partial charge >= 0.3 is 0 Å². The number of halogens is 2. The highest BCUT2D eigenvalue weighted by molar-refractivity contribution is 5.85. The van der Waals surface area contributed by atoms with Crippen LogP contribution in [-0.4, -0.2) is 27.9 Å². The smallest absolute Gasteiger partial charge is 0.245 e. The quantitative estimate of drug-likeness (QED) is 0.905. The number of aromatic nitrogens is 3. The van der Waals surface area contributed by atoms with Crippen LogP contribution in [0.5, 0.6) is 0 Å². The average Bonchev–Trinajstić information content (AvgIpc) is 2.84. The monoisotopic (exact) mass is 292 g/mol. The molecule has 1 spiro atoms. The summed E-state index contributed by atoms with van der Waals surface area (Å²) in [4.78, 5) is 11.4. The van der Waals surface area contributed by atoms with Gasteiger partial charge in [-0.3, -0.25) is 0 Å². The standard InChI is InChI=1S/C15H18F2N4/c16-13(17)15(6-14(7-15)3-1-4-14)8-19-12-11-10(2-5-18-12)20-9-21-11/h2,5,9,13H,1,3-4,6-8H2,(H,18,19)(H,20,21). The molecule has 6 heteroatoms. The van der Waals surface area contributed by atoms with Gasteiger partial charge in [0.15, 0.2) is 5.82 Å². The van der Waals surface area contributed by atoms with E-state index in [1.54, 1.807) is 12.5 Å². The number of anilines is 1.